The summed E-state index contributed by atoms with van der Waals surface area (Å²) in [5.74, 6) is 1.48. The van der Waals surface area contributed by atoms with Crippen LogP contribution < -0.4 is 10.6 Å². The molecule has 1 fully saturated rings. The number of nitrogens with zero attached hydrogens (tertiary/aromatic N) is 2. The van der Waals surface area contributed by atoms with Gasteiger partial charge in [0.1, 0.15) is 5.76 Å². The van der Waals surface area contributed by atoms with E-state index in [1.54, 1.807) is 13.0 Å². The Hall–Kier alpha value is -1.25. The summed E-state index contributed by atoms with van der Waals surface area (Å²) < 4.78 is 4.86. The first-order valence-corrected chi connectivity index (χ1v) is 8.02. The Labute approximate surface area is 139 Å². The fourth-order valence-corrected chi connectivity index (χ4v) is 2.80. The second kappa shape index (κ2) is 9.02. The quantitative estimate of drug-likeness (QED) is 0.822. The molecule has 2 rings (SSSR count). The van der Waals surface area contributed by atoms with Gasteiger partial charge in [-0.15, -0.1) is 24.2 Å². The Kier molecular flexibility index (Phi) is 7.70. The number of hydrogen-bond acceptors (Lipinski definition) is 6. The summed E-state index contributed by atoms with van der Waals surface area (Å²) in [5.41, 5.74) is 0. The number of anilines is 1. The molecule has 1 aliphatic rings. The first kappa shape index (κ1) is 18.8. The highest BCUT2D eigenvalue weighted by Crippen LogP contribution is 2.09. The molecular formula is C13H21ClN4O3S. The third-order valence-corrected chi connectivity index (χ3v) is 3.99. The molecule has 0 spiro atoms. The fourth-order valence-electron chi connectivity index (χ4n) is 2.09. The zero-order valence-corrected chi connectivity index (χ0v) is 14.3. The van der Waals surface area contributed by atoms with Crippen LogP contribution in [0.3, 0.4) is 0 Å². The van der Waals surface area contributed by atoms with Gasteiger partial charge in [-0.2, -0.15) is 0 Å². The van der Waals surface area contributed by atoms with Crippen molar-refractivity contribution < 1.29 is 14.1 Å². The van der Waals surface area contributed by atoms with Gasteiger partial charge in [0.05, 0.1) is 11.5 Å². The van der Waals surface area contributed by atoms with Crippen LogP contribution in [0.2, 0.25) is 0 Å². The highest BCUT2D eigenvalue weighted by atomic mass is 35.5. The van der Waals surface area contributed by atoms with Gasteiger partial charge in [-0.05, 0) is 13.8 Å². The van der Waals surface area contributed by atoms with Crippen molar-refractivity contribution in [3.63, 3.8) is 0 Å². The van der Waals surface area contributed by atoms with Crippen LogP contribution in [-0.2, 0) is 9.59 Å². The van der Waals surface area contributed by atoms with Gasteiger partial charge in [0.2, 0.25) is 11.8 Å². The Morgan fingerprint density at radius 2 is 2.32 bits per heavy atom. The van der Waals surface area contributed by atoms with E-state index >= 15 is 0 Å². The van der Waals surface area contributed by atoms with Crippen LogP contribution in [0.4, 0.5) is 5.82 Å². The van der Waals surface area contributed by atoms with Crippen molar-refractivity contribution in [1.29, 1.82) is 0 Å². The summed E-state index contributed by atoms with van der Waals surface area (Å²) in [6, 6.07) is 1.97. The van der Waals surface area contributed by atoms with Gasteiger partial charge in [0.15, 0.2) is 5.82 Å². The van der Waals surface area contributed by atoms with Gasteiger partial charge >= 0.3 is 0 Å². The number of thioether (sulfide) groups is 1. The summed E-state index contributed by atoms with van der Waals surface area (Å²) in [4.78, 5) is 25.5. The molecule has 0 aromatic carbocycles. The predicted octanol–water partition coefficient (Wildman–Crippen LogP) is 0.897. The Morgan fingerprint density at radius 1 is 1.55 bits per heavy atom. The summed E-state index contributed by atoms with van der Waals surface area (Å²) in [5, 5.41) is 9.60. The van der Waals surface area contributed by atoms with E-state index in [0.717, 1.165) is 19.6 Å². The van der Waals surface area contributed by atoms with Crippen molar-refractivity contribution >= 4 is 41.8 Å². The molecule has 1 unspecified atom stereocenters. The standard InChI is InChI=1S/C13H20N4O3S.ClH/c1-9-6-17(4-3-14-9)13(19)8-21-7-12(18)15-11-5-10(2)20-16-11;/h5,9,14H,3-4,6-8H2,1-2H3,(H,15,16,18);1H. The Morgan fingerprint density at radius 3 is 2.95 bits per heavy atom. The molecule has 2 amide bonds. The van der Waals surface area contributed by atoms with Crippen LogP contribution in [-0.4, -0.2) is 59.1 Å². The van der Waals surface area contributed by atoms with Crippen molar-refractivity contribution in [2.75, 3.05) is 36.5 Å². The fraction of sp³-hybridized carbons (Fsp3) is 0.615. The zero-order chi connectivity index (χ0) is 15.2. The van der Waals surface area contributed by atoms with E-state index in [-0.39, 0.29) is 30.0 Å². The average molecular weight is 349 g/mol. The molecule has 1 aromatic rings. The number of rotatable bonds is 5. The van der Waals surface area contributed by atoms with E-state index in [2.05, 4.69) is 22.7 Å². The molecule has 0 aliphatic carbocycles. The van der Waals surface area contributed by atoms with Crippen LogP contribution >= 0.6 is 24.2 Å². The predicted molar refractivity (Wildman–Crippen MR) is 88.5 cm³/mol. The van der Waals surface area contributed by atoms with E-state index in [0.29, 0.717) is 23.4 Å². The molecule has 7 nitrogen and oxygen atoms in total. The lowest BCUT2D eigenvalue weighted by molar-refractivity contribution is -0.129. The van der Waals surface area contributed by atoms with Gasteiger partial charge in [-0.1, -0.05) is 5.16 Å². The van der Waals surface area contributed by atoms with Crippen molar-refractivity contribution in [3.8, 4) is 0 Å². The highest BCUT2D eigenvalue weighted by Gasteiger charge is 2.20. The van der Waals surface area contributed by atoms with Gasteiger partial charge in [-0.25, -0.2) is 0 Å². The van der Waals surface area contributed by atoms with E-state index in [1.807, 2.05) is 4.90 Å². The number of carbonyl (C=O) groups is 2. The molecule has 124 valence electrons. The van der Waals surface area contributed by atoms with Crippen molar-refractivity contribution in [3.05, 3.63) is 11.8 Å². The molecule has 22 heavy (non-hydrogen) atoms. The van der Waals surface area contributed by atoms with Crippen LogP contribution in [0.5, 0.6) is 0 Å². The maximum atomic E-state index is 12.0. The topological polar surface area (TPSA) is 87.5 Å². The number of nitrogens with one attached hydrogen (secondary N) is 2. The van der Waals surface area contributed by atoms with Crippen LogP contribution in [0.25, 0.3) is 0 Å². The largest absolute Gasteiger partial charge is 0.360 e. The first-order valence-electron chi connectivity index (χ1n) is 6.86. The molecule has 9 heteroatoms. The van der Waals surface area contributed by atoms with Crippen molar-refractivity contribution in [2.24, 2.45) is 0 Å². The number of aryl methyl sites for hydroxylation is 1. The summed E-state index contributed by atoms with van der Waals surface area (Å²) in [7, 11) is 0. The number of halogens is 1. The smallest absolute Gasteiger partial charge is 0.235 e. The van der Waals surface area contributed by atoms with Gasteiger partial charge < -0.3 is 20.1 Å². The molecule has 2 heterocycles. The molecular weight excluding hydrogens is 328 g/mol. The average Bonchev–Trinajstić information content (AvgIpc) is 2.84. The first-order chi connectivity index (χ1) is 10.0. The van der Waals surface area contributed by atoms with Crippen LogP contribution in [0.1, 0.15) is 12.7 Å². The van der Waals surface area contributed by atoms with E-state index in [1.165, 1.54) is 11.8 Å². The Bertz CT molecular complexity index is 511. The molecule has 1 aliphatic heterocycles. The molecule has 0 saturated carbocycles. The number of amides is 2. The number of piperazine rings is 1. The van der Waals surface area contributed by atoms with Gasteiger partial charge in [0, 0.05) is 31.7 Å². The molecule has 1 saturated heterocycles. The summed E-state index contributed by atoms with van der Waals surface area (Å²) in [6.45, 7) is 6.09. The number of hydrogen-bond donors (Lipinski definition) is 2. The third kappa shape index (κ3) is 5.86. The summed E-state index contributed by atoms with van der Waals surface area (Å²) >= 11 is 1.31. The van der Waals surface area contributed by atoms with Crippen molar-refractivity contribution in [1.82, 2.24) is 15.4 Å². The van der Waals surface area contributed by atoms with Gasteiger partial charge in [-0.3, -0.25) is 9.59 Å². The third-order valence-electron chi connectivity index (χ3n) is 3.08. The second-order valence-electron chi connectivity index (χ2n) is 5.06. The second-order valence-corrected chi connectivity index (χ2v) is 6.04. The van der Waals surface area contributed by atoms with Crippen LogP contribution in [0.15, 0.2) is 10.6 Å². The molecule has 1 aromatic heterocycles. The highest BCUT2D eigenvalue weighted by molar-refractivity contribution is 8.00. The van der Waals surface area contributed by atoms with Crippen LogP contribution in [0, 0.1) is 6.92 Å². The lowest BCUT2D eigenvalue weighted by atomic mass is 10.2. The molecule has 0 bridgehead atoms. The van der Waals surface area contributed by atoms with E-state index in [4.69, 9.17) is 4.52 Å². The minimum absolute atomic E-state index is 0. The Balaban J connectivity index is 0.00000242. The van der Waals surface area contributed by atoms with E-state index < -0.39 is 0 Å². The zero-order valence-electron chi connectivity index (χ0n) is 12.6. The molecule has 0 radical (unpaired) electrons. The molecule has 2 N–H and O–H groups in total. The van der Waals surface area contributed by atoms with Gasteiger partial charge in [0.25, 0.3) is 0 Å². The summed E-state index contributed by atoms with van der Waals surface area (Å²) in [6.07, 6.45) is 0. The lowest BCUT2D eigenvalue weighted by Crippen LogP contribution is -2.51. The SMILES string of the molecule is Cc1cc(NC(=O)CSCC(=O)N2CCNC(C)C2)no1.Cl. The maximum Gasteiger partial charge on any atom is 0.235 e. The molecule has 1 atom stereocenters. The normalized spacial score (nSPS) is 17.7. The van der Waals surface area contributed by atoms with Crippen molar-refractivity contribution in [2.45, 2.75) is 19.9 Å². The number of aromatic nitrogens is 1. The number of carbonyl (C=O) groups excluding carboxylic acids is 2. The monoisotopic (exact) mass is 348 g/mol. The minimum Gasteiger partial charge on any atom is -0.360 e. The van der Waals surface area contributed by atoms with E-state index in [9.17, 15) is 9.59 Å². The lowest BCUT2D eigenvalue weighted by Gasteiger charge is -2.31. The maximum absolute atomic E-state index is 12.0. The minimum atomic E-state index is -0.185.